The second kappa shape index (κ2) is 5.33. The SMILES string of the molecule is Cc1ccccc1C(C)(Nc1ccc(F)cc1)C(=O)O. The molecule has 2 aromatic rings. The Kier molecular flexibility index (Phi) is 3.74. The first-order valence-corrected chi connectivity index (χ1v) is 6.27. The molecule has 2 rings (SSSR count). The number of benzene rings is 2. The number of carbonyl (C=O) groups is 1. The number of carboxylic acids is 1. The molecule has 2 N–H and O–H groups in total. The number of nitrogens with one attached hydrogen (secondary N) is 1. The number of aryl methyl sites for hydroxylation is 1. The van der Waals surface area contributed by atoms with Crippen LogP contribution in [-0.4, -0.2) is 11.1 Å². The zero-order valence-electron chi connectivity index (χ0n) is 11.4. The summed E-state index contributed by atoms with van der Waals surface area (Å²) in [5.74, 6) is -1.35. The first-order chi connectivity index (χ1) is 9.43. The Morgan fingerprint density at radius 2 is 1.75 bits per heavy atom. The van der Waals surface area contributed by atoms with Gasteiger partial charge in [0.25, 0.3) is 0 Å². The van der Waals surface area contributed by atoms with Crippen LogP contribution in [-0.2, 0) is 10.3 Å². The van der Waals surface area contributed by atoms with Gasteiger partial charge in [0, 0.05) is 5.69 Å². The summed E-state index contributed by atoms with van der Waals surface area (Å²) in [5, 5.41) is 12.6. The molecule has 0 radical (unpaired) electrons. The number of halogens is 1. The monoisotopic (exact) mass is 273 g/mol. The van der Waals surface area contributed by atoms with Crippen LogP contribution in [0.4, 0.5) is 10.1 Å². The molecule has 1 unspecified atom stereocenters. The second-order valence-corrected chi connectivity index (χ2v) is 4.88. The molecule has 0 aromatic heterocycles. The maximum atomic E-state index is 12.9. The van der Waals surface area contributed by atoms with Crippen LogP contribution in [0.15, 0.2) is 48.5 Å². The standard InChI is InChI=1S/C16H16FNO2/c1-11-5-3-4-6-14(11)16(2,15(19)20)18-13-9-7-12(17)8-10-13/h3-10,18H,1-2H3,(H,19,20). The number of anilines is 1. The minimum atomic E-state index is -1.27. The lowest BCUT2D eigenvalue weighted by atomic mass is 9.88. The summed E-state index contributed by atoms with van der Waals surface area (Å²) in [6.07, 6.45) is 0. The van der Waals surface area contributed by atoms with Gasteiger partial charge in [0.2, 0.25) is 0 Å². The van der Waals surface area contributed by atoms with Crippen LogP contribution >= 0.6 is 0 Å². The zero-order chi connectivity index (χ0) is 14.8. The minimum Gasteiger partial charge on any atom is -0.479 e. The Balaban J connectivity index is 2.43. The molecule has 0 spiro atoms. The number of hydrogen-bond acceptors (Lipinski definition) is 2. The highest BCUT2D eigenvalue weighted by Gasteiger charge is 2.36. The van der Waals surface area contributed by atoms with E-state index in [1.165, 1.54) is 24.3 Å². The third-order valence-corrected chi connectivity index (χ3v) is 3.35. The normalized spacial score (nSPS) is 13.6. The molecule has 3 nitrogen and oxygen atoms in total. The lowest BCUT2D eigenvalue weighted by molar-refractivity contribution is -0.142. The summed E-state index contributed by atoms with van der Waals surface area (Å²) in [6.45, 7) is 3.46. The summed E-state index contributed by atoms with van der Waals surface area (Å²) in [5.41, 5.74) is 0.840. The highest BCUT2D eigenvalue weighted by molar-refractivity contribution is 5.84. The second-order valence-electron chi connectivity index (χ2n) is 4.88. The van der Waals surface area contributed by atoms with E-state index in [1.807, 2.05) is 19.1 Å². The number of carboxylic acid groups (broad SMARTS) is 1. The van der Waals surface area contributed by atoms with Crippen molar-refractivity contribution in [3.05, 3.63) is 65.5 Å². The van der Waals surface area contributed by atoms with E-state index in [4.69, 9.17) is 0 Å². The fourth-order valence-corrected chi connectivity index (χ4v) is 2.19. The number of hydrogen-bond donors (Lipinski definition) is 2. The Labute approximate surface area is 117 Å². The van der Waals surface area contributed by atoms with Crippen LogP contribution in [0.3, 0.4) is 0 Å². The highest BCUT2D eigenvalue weighted by Crippen LogP contribution is 2.29. The Bertz CT molecular complexity index is 625. The summed E-state index contributed by atoms with van der Waals surface area (Å²) in [4.78, 5) is 11.7. The van der Waals surface area contributed by atoms with Gasteiger partial charge in [0.15, 0.2) is 5.54 Å². The van der Waals surface area contributed by atoms with Gasteiger partial charge in [-0.1, -0.05) is 24.3 Å². The van der Waals surface area contributed by atoms with E-state index in [0.29, 0.717) is 11.3 Å². The Hall–Kier alpha value is -2.36. The number of rotatable bonds is 4. The van der Waals surface area contributed by atoms with Crippen molar-refractivity contribution >= 4 is 11.7 Å². The van der Waals surface area contributed by atoms with Crippen LogP contribution in [0.25, 0.3) is 0 Å². The van der Waals surface area contributed by atoms with E-state index in [0.717, 1.165) is 5.56 Å². The average molecular weight is 273 g/mol. The van der Waals surface area contributed by atoms with Gasteiger partial charge in [-0.15, -0.1) is 0 Å². The van der Waals surface area contributed by atoms with Crippen LogP contribution in [0, 0.1) is 12.7 Å². The van der Waals surface area contributed by atoms with Crippen molar-refractivity contribution in [1.29, 1.82) is 0 Å². The van der Waals surface area contributed by atoms with E-state index in [1.54, 1.807) is 19.1 Å². The van der Waals surface area contributed by atoms with Crippen molar-refractivity contribution in [2.75, 3.05) is 5.32 Å². The molecule has 0 heterocycles. The third kappa shape index (κ3) is 2.64. The fourth-order valence-electron chi connectivity index (χ4n) is 2.19. The molecule has 0 fully saturated rings. The maximum absolute atomic E-state index is 12.9. The topological polar surface area (TPSA) is 49.3 Å². The summed E-state index contributed by atoms with van der Waals surface area (Å²) in [7, 11) is 0. The van der Waals surface area contributed by atoms with E-state index in [9.17, 15) is 14.3 Å². The van der Waals surface area contributed by atoms with Crippen LogP contribution in [0.1, 0.15) is 18.1 Å². The van der Waals surface area contributed by atoms with E-state index >= 15 is 0 Å². The molecule has 2 aromatic carbocycles. The first-order valence-electron chi connectivity index (χ1n) is 6.27. The summed E-state index contributed by atoms with van der Waals surface area (Å²) < 4.78 is 12.9. The molecule has 20 heavy (non-hydrogen) atoms. The van der Waals surface area contributed by atoms with Crippen molar-refractivity contribution < 1.29 is 14.3 Å². The van der Waals surface area contributed by atoms with Gasteiger partial charge in [-0.05, 0) is 49.2 Å². The molecule has 0 aliphatic heterocycles. The van der Waals surface area contributed by atoms with Crippen molar-refractivity contribution in [2.45, 2.75) is 19.4 Å². The van der Waals surface area contributed by atoms with Crippen LogP contribution in [0.5, 0.6) is 0 Å². The van der Waals surface area contributed by atoms with Crippen LogP contribution in [0.2, 0.25) is 0 Å². The predicted molar refractivity (Wildman–Crippen MR) is 76.2 cm³/mol. The van der Waals surface area contributed by atoms with Gasteiger partial charge in [0.05, 0.1) is 0 Å². The molecule has 1 atom stereocenters. The first kappa shape index (κ1) is 14.1. The van der Waals surface area contributed by atoms with Crippen molar-refractivity contribution in [3.8, 4) is 0 Å². The molecule has 0 amide bonds. The van der Waals surface area contributed by atoms with Gasteiger partial charge < -0.3 is 10.4 Å². The van der Waals surface area contributed by atoms with Crippen molar-refractivity contribution in [1.82, 2.24) is 0 Å². The molecule has 104 valence electrons. The quantitative estimate of drug-likeness (QED) is 0.895. The minimum absolute atomic E-state index is 0.358. The van der Waals surface area contributed by atoms with Crippen molar-refractivity contribution in [2.24, 2.45) is 0 Å². The highest BCUT2D eigenvalue weighted by atomic mass is 19.1. The van der Waals surface area contributed by atoms with Gasteiger partial charge in [-0.25, -0.2) is 9.18 Å². The molecule has 0 bridgehead atoms. The molecule has 0 saturated heterocycles. The fraction of sp³-hybridized carbons (Fsp3) is 0.188. The Morgan fingerprint density at radius 1 is 1.15 bits per heavy atom. The molecular weight excluding hydrogens is 257 g/mol. The Morgan fingerprint density at radius 3 is 2.30 bits per heavy atom. The third-order valence-electron chi connectivity index (χ3n) is 3.35. The molecule has 0 aliphatic rings. The molecule has 0 aliphatic carbocycles. The zero-order valence-corrected chi connectivity index (χ0v) is 11.4. The summed E-state index contributed by atoms with van der Waals surface area (Å²) >= 11 is 0. The van der Waals surface area contributed by atoms with Gasteiger partial charge in [0.1, 0.15) is 5.82 Å². The predicted octanol–water partition coefficient (Wildman–Crippen LogP) is 3.55. The van der Waals surface area contributed by atoms with E-state index in [-0.39, 0.29) is 5.82 Å². The van der Waals surface area contributed by atoms with Crippen molar-refractivity contribution in [3.63, 3.8) is 0 Å². The van der Waals surface area contributed by atoms with Gasteiger partial charge in [-0.3, -0.25) is 0 Å². The number of aliphatic carboxylic acids is 1. The molecule has 0 saturated carbocycles. The lowest BCUT2D eigenvalue weighted by Gasteiger charge is -2.29. The van der Waals surface area contributed by atoms with E-state index < -0.39 is 11.5 Å². The van der Waals surface area contributed by atoms with Crippen LogP contribution < -0.4 is 5.32 Å². The lowest BCUT2D eigenvalue weighted by Crippen LogP contribution is -2.41. The average Bonchev–Trinajstić information content (AvgIpc) is 2.41. The van der Waals surface area contributed by atoms with Gasteiger partial charge >= 0.3 is 5.97 Å². The smallest absolute Gasteiger partial charge is 0.333 e. The van der Waals surface area contributed by atoms with E-state index in [2.05, 4.69) is 5.32 Å². The van der Waals surface area contributed by atoms with Gasteiger partial charge in [-0.2, -0.15) is 0 Å². The molecule has 4 heteroatoms. The largest absolute Gasteiger partial charge is 0.479 e. The summed E-state index contributed by atoms with van der Waals surface area (Å²) in [6, 6.07) is 12.9. The maximum Gasteiger partial charge on any atom is 0.333 e. The molecular formula is C16H16FNO2.